The second kappa shape index (κ2) is 6.37. The number of likely N-dealkylation sites (tertiary alicyclic amines) is 1. The molecule has 1 saturated heterocycles. The SMILES string of the molecule is O=C(O)[C@H]1CC[C@@H](C(=O)N2CCCCCC2CO)C1. The first kappa shape index (κ1) is 14.3. The Morgan fingerprint density at radius 1 is 1.05 bits per heavy atom. The molecule has 0 radical (unpaired) electrons. The summed E-state index contributed by atoms with van der Waals surface area (Å²) in [5.74, 6) is -1.25. The van der Waals surface area contributed by atoms with Gasteiger partial charge in [-0.05, 0) is 32.1 Å². The van der Waals surface area contributed by atoms with E-state index in [1.54, 1.807) is 0 Å². The van der Waals surface area contributed by atoms with Crippen LogP contribution in [0.1, 0.15) is 44.9 Å². The van der Waals surface area contributed by atoms with Crippen molar-refractivity contribution in [3.05, 3.63) is 0 Å². The van der Waals surface area contributed by atoms with Crippen molar-refractivity contribution in [3.63, 3.8) is 0 Å². The van der Waals surface area contributed by atoms with E-state index in [0.717, 1.165) is 25.7 Å². The maximum atomic E-state index is 12.5. The minimum atomic E-state index is -0.787. The monoisotopic (exact) mass is 269 g/mol. The number of carboxylic acids is 1. The first-order valence-corrected chi connectivity index (χ1v) is 7.27. The predicted molar refractivity (Wildman–Crippen MR) is 69.5 cm³/mol. The Morgan fingerprint density at radius 3 is 2.42 bits per heavy atom. The molecular formula is C14H23NO4. The molecule has 108 valence electrons. The van der Waals surface area contributed by atoms with Gasteiger partial charge in [-0.25, -0.2) is 0 Å². The summed E-state index contributed by atoms with van der Waals surface area (Å²) in [5.41, 5.74) is 0. The highest BCUT2D eigenvalue weighted by atomic mass is 16.4. The van der Waals surface area contributed by atoms with Gasteiger partial charge in [0, 0.05) is 12.5 Å². The van der Waals surface area contributed by atoms with Crippen molar-refractivity contribution in [3.8, 4) is 0 Å². The molecule has 0 aromatic carbocycles. The average molecular weight is 269 g/mol. The highest BCUT2D eigenvalue weighted by Gasteiger charge is 2.37. The third kappa shape index (κ3) is 3.26. The zero-order valence-corrected chi connectivity index (χ0v) is 11.3. The minimum Gasteiger partial charge on any atom is -0.481 e. The highest BCUT2D eigenvalue weighted by molar-refractivity contribution is 5.81. The van der Waals surface area contributed by atoms with Crippen LogP contribution >= 0.6 is 0 Å². The van der Waals surface area contributed by atoms with Gasteiger partial charge in [0.2, 0.25) is 5.91 Å². The van der Waals surface area contributed by atoms with E-state index in [1.807, 2.05) is 4.90 Å². The summed E-state index contributed by atoms with van der Waals surface area (Å²) in [5, 5.41) is 18.4. The fourth-order valence-electron chi connectivity index (χ4n) is 3.32. The van der Waals surface area contributed by atoms with Crippen LogP contribution in [0.15, 0.2) is 0 Å². The Labute approximate surface area is 113 Å². The summed E-state index contributed by atoms with van der Waals surface area (Å²) in [7, 11) is 0. The van der Waals surface area contributed by atoms with Crippen molar-refractivity contribution in [2.75, 3.05) is 13.2 Å². The second-order valence-electron chi connectivity index (χ2n) is 5.76. The van der Waals surface area contributed by atoms with Gasteiger partial charge in [-0.3, -0.25) is 9.59 Å². The number of aliphatic hydroxyl groups excluding tert-OH is 1. The zero-order chi connectivity index (χ0) is 13.8. The first-order chi connectivity index (χ1) is 9.13. The van der Waals surface area contributed by atoms with Gasteiger partial charge >= 0.3 is 5.97 Å². The summed E-state index contributed by atoms with van der Waals surface area (Å²) in [6, 6.07) is -0.0705. The summed E-state index contributed by atoms with van der Waals surface area (Å²) in [6.45, 7) is 0.721. The number of hydrogen-bond donors (Lipinski definition) is 2. The van der Waals surface area contributed by atoms with Crippen molar-refractivity contribution < 1.29 is 19.8 Å². The fourth-order valence-corrected chi connectivity index (χ4v) is 3.32. The van der Waals surface area contributed by atoms with Gasteiger partial charge in [-0.1, -0.05) is 12.8 Å². The largest absolute Gasteiger partial charge is 0.481 e. The van der Waals surface area contributed by atoms with Gasteiger partial charge in [0.05, 0.1) is 18.6 Å². The lowest BCUT2D eigenvalue weighted by Gasteiger charge is -2.31. The van der Waals surface area contributed by atoms with Gasteiger partial charge in [-0.15, -0.1) is 0 Å². The Morgan fingerprint density at radius 2 is 1.79 bits per heavy atom. The van der Waals surface area contributed by atoms with Gasteiger partial charge in [0.25, 0.3) is 0 Å². The fraction of sp³-hybridized carbons (Fsp3) is 0.857. The summed E-state index contributed by atoms with van der Waals surface area (Å²) >= 11 is 0. The van der Waals surface area contributed by atoms with E-state index < -0.39 is 5.97 Å². The number of amides is 1. The number of aliphatic carboxylic acids is 1. The topological polar surface area (TPSA) is 77.8 Å². The van der Waals surface area contributed by atoms with Crippen LogP contribution in [-0.4, -0.2) is 46.2 Å². The van der Waals surface area contributed by atoms with Gasteiger partial charge in [-0.2, -0.15) is 0 Å². The molecule has 3 atom stereocenters. The quantitative estimate of drug-likeness (QED) is 0.808. The van der Waals surface area contributed by atoms with Crippen LogP contribution in [0.5, 0.6) is 0 Å². The molecule has 2 N–H and O–H groups in total. The molecule has 1 unspecified atom stereocenters. The highest BCUT2D eigenvalue weighted by Crippen LogP contribution is 2.33. The van der Waals surface area contributed by atoms with Crippen LogP contribution < -0.4 is 0 Å². The van der Waals surface area contributed by atoms with E-state index in [9.17, 15) is 14.7 Å². The maximum absolute atomic E-state index is 12.5. The summed E-state index contributed by atoms with van der Waals surface area (Å²) in [6.07, 6.45) is 5.73. The van der Waals surface area contributed by atoms with E-state index in [-0.39, 0.29) is 30.4 Å². The van der Waals surface area contributed by atoms with Crippen LogP contribution in [0.25, 0.3) is 0 Å². The Hall–Kier alpha value is -1.10. The Kier molecular flexibility index (Phi) is 4.80. The van der Waals surface area contributed by atoms with Crippen LogP contribution in [0.3, 0.4) is 0 Å². The maximum Gasteiger partial charge on any atom is 0.306 e. The third-order valence-corrected chi connectivity index (χ3v) is 4.50. The molecule has 2 fully saturated rings. The van der Waals surface area contributed by atoms with Crippen LogP contribution in [0.2, 0.25) is 0 Å². The molecule has 1 heterocycles. The van der Waals surface area contributed by atoms with E-state index in [0.29, 0.717) is 25.8 Å². The minimum absolute atomic E-state index is 0.0147. The second-order valence-corrected chi connectivity index (χ2v) is 5.76. The molecule has 2 rings (SSSR count). The molecule has 0 spiro atoms. The average Bonchev–Trinajstić information content (AvgIpc) is 2.77. The summed E-state index contributed by atoms with van der Waals surface area (Å²) in [4.78, 5) is 25.3. The molecule has 5 heteroatoms. The molecular weight excluding hydrogens is 246 g/mol. The Balaban J connectivity index is 1.99. The normalized spacial score (nSPS) is 32.1. The van der Waals surface area contributed by atoms with Gasteiger partial charge in [0.15, 0.2) is 0 Å². The third-order valence-electron chi connectivity index (χ3n) is 4.50. The van der Waals surface area contributed by atoms with Crippen LogP contribution in [0, 0.1) is 11.8 Å². The van der Waals surface area contributed by atoms with E-state index >= 15 is 0 Å². The number of rotatable bonds is 3. The molecule has 1 amide bonds. The van der Waals surface area contributed by atoms with Crippen molar-refractivity contribution >= 4 is 11.9 Å². The zero-order valence-electron chi connectivity index (χ0n) is 11.3. The number of carbonyl (C=O) groups excluding carboxylic acids is 1. The van der Waals surface area contributed by atoms with Crippen molar-refractivity contribution in [1.82, 2.24) is 4.90 Å². The number of aliphatic hydroxyl groups is 1. The number of carboxylic acid groups (broad SMARTS) is 1. The molecule has 1 aliphatic carbocycles. The van der Waals surface area contributed by atoms with Gasteiger partial charge in [0.1, 0.15) is 0 Å². The molecule has 1 saturated carbocycles. The van der Waals surface area contributed by atoms with E-state index in [4.69, 9.17) is 5.11 Å². The van der Waals surface area contributed by atoms with Crippen molar-refractivity contribution in [2.24, 2.45) is 11.8 Å². The molecule has 0 aromatic rings. The molecule has 0 bridgehead atoms. The van der Waals surface area contributed by atoms with Crippen molar-refractivity contribution in [1.29, 1.82) is 0 Å². The number of nitrogens with zero attached hydrogens (tertiary/aromatic N) is 1. The first-order valence-electron chi connectivity index (χ1n) is 7.27. The van der Waals surface area contributed by atoms with Gasteiger partial charge < -0.3 is 15.1 Å². The predicted octanol–water partition coefficient (Wildman–Crippen LogP) is 1.25. The van der Waals surface area contributed by atoms with Crippen LogP contribution in [-0.2, 0) is 9.59 Å². The van der Waals surface area contributed by atoms with E-state index in [2.05, 4.69) is 0 Å². The van der Waals surface area contributed by atoms with E-state index in [1.165, 1.54) is 0 Å². The number of hydrogen-bond acceptors (Lipinski definition) is 3. The lowest BCUT2D eigenvalue weighted by atomic mass is 10.0. The molecule has 5 nitrogen and oxygen atoms in total. The lowest BCUT2D eigenvalue weighted by molar-refractivity contribution is -0.142. The molecule has 0 aromatic heterocycles. The smallest absolute Gasteiger partial charge is 0.306 e. The summed E-state index contributed by atoms with van der Waals surface area (Å²) < 4.78 is 0. The van der Waals surface area contributed by atoms with Crippen molar-refractivity contribution in [2.45, 2.75) is 51.0 Å². The molecule has 2 aliphatic rings. The van der Waals surface area contributed by atoms with Crippen LogP contribution in [0.4, 0.5) is 0 Å². The standard InChI is InChI=1S/C14H23NO4/c16-9-12-4-2-1-3-7-15(12)13(17)10-5-6-11(8-10)14(18)19/h10-12,16H,1-9H2,(H,18,19)/t10-,11+,12?/m1/s1. The Bertz CT molecular complexity index is 344. The molecule has 19 heavy (non-hydrogen) atoms. The number of carbonyl (C=O) groups is 2. The molecule has 1 aliphatic heterocycles. The lowest BCUT2D eigenvalue weighted by Crippen LogP contribution is -2.44.